The van der Waals surface area contributed by atoms with Crippen LogP contribution in [0.15, 0.2) is 12.1 Å². The lowest BCUT2D eigenvalue weighted by Crippen LogP contribution is -2.33. The molecular weight excluding hydrogens is 277 g/mol. The molecule has 0 unspecified atom stereocenters. The van der Waals surface area contributed by atoms with Crippen LogP contribution in [0.25, 0.3) is 0 Å². The summed E-state index contributed by atoms with van der Waals surface area (Å²) >= 11 is 0. The predicted octanol–water partition coefficient (Wildman–Crippen LogP) is 2.12. The van der Waals surface area contributed by atoms with Gasteiger partial charge in [0.05, 0.1) is 0 Å². The van der Waals surface area contributed by atoms with Crippen molar-refractivity contribution in [3.8, 4) is 0 Å². The Balaban J connectivity index is 2.27. The zero-order valence-corrected chi connectivity index (χ0v) is 11.4. The van der Waals surface area contributed by atoms with Gasteiger partial charge < -0.3 is 14.4 Å². The zero-order valence-electron chi connectivity index (χ0n) is 10.4. The molecule has 108 valence electrons. The molecule has 0 spiro atoms. The van der Waals surface area contributed by atoms with Gasteiger partial charge >= 0.3 is 8.80 Å². The number of rotatable bonds is 7. The van der Waals surface area contributed by atoms with Gasteiger partial charge in [0.15, 0.2) is 17.5 Å². The van der Waals surface area contributed by atoms with Crippen LogP contribution in [0.4, 0.5) is 13.2 Å². The van der Waals surface area contributed by atoms with Crippen LogP contribution in [0.3, 0.4) is 0 Å². The molecule has 0 saturated heterocycles. The summed E-state index contributed by atoms with van der Waals surface area (Å²) in [7, 11) is -3.94. The highest BCUT2D eigenvalue weighted by molar-refractivity contribution is 6.56. The van der Waals surface area contributed by atoms with Crippen molar-refractivity contribution in [1.29, 1.82) is 0 Å². The third-order valence-corrected chi connectivity index (χ3v) is 3.80. The maximum absolute atomic E-state index is 12.9. The molecule has 0 radical (unpaired) electrons. The summed E-state index contributed by atoms with van der Waals surface area (Å²) < 4.78 is 38.5. The first-order valence-electron chi connectivity index (χ1n) is 6.10. The molecule has 0 aromatic heterocycles. The van der Waals surface area contributed by atoms with E-state index in [1.807, 2.05) is 0 Å². The summed E-state index contributed by atoms with van der Waals surface area (Å²) in [6, 6.07) is 1.95. The van der Waals surface area contributed by atoms with E-state index in [2.05, 4.69) is 0 Å². The van der Waals surface area contributed by atoms with E-state index in [4.69, 9.17) is 14.4 Å². The Bertz CT molecular complexity index is 398. The molecule has 3 N–H and O–H groups in total. The Morgan fingerprint density at radius 1 is 0.842 bits per heavy atom. The molecule has 1 aromatic carbocycles. The topological polar surface area (TPSA) is 60.7 Å². The second kappa shape index (κ2) is 7.04. The van der Waals surface area contributed by atoms with Crippen LogP contribution in [0, 0.1) is 17.5 Å². The quantitative estimate of drug-likeness (QED) is 0.410. The van der Waals surface area contributed by atoms with E-state index in [0.717, 1.165) is 18.6 Å². The summed E-state index contributed by atoms with van der Waals surface area (Å²) in [4.78, 5) is 26.3. The maximum Gasteiger partial charge on any atom is 0.492 e. The SMILES string of the molecule is O[Si](O)(O)CCCCCCc1cc(F)c(F)c(F)c1. The van der Waals surface area contributed by atoms with E-state index in [0.29, 0.717) is 31.2 Å². The van der Waals surface area contributed by atoms with Gasteiger partial charge in [-0.3, -0.25) is 0 Å². The number of unbranched alkanes of at least 4 members (excludes halogenated alkanes) is 3. The number of hydrogen-bond donors (Lipinski definition) is 3. The summed E-state index contributed by atoms with van der Waals surface area (Å²) in [5, 5.41) is 0. The minimum absolute atomic E-state index is 0.00714. The molecule has 1 aromatic rings. The van der Waals surface area contributed by atoms with Gasteiger partial charge in [-0.25, -0.2) is 13.2 Å². The number of halogens is 3. The molecule has 0 atom stereocenters. The number of benzene rings is 1. The average molecular weight is 294 g/mol. The van der Waals surface area contributed by atoms with Gasteiger partial charge in [0, 0.05) is 6.04 Å². The molecule has 19 heavy (non-hydrogen) atoms. The van der Waals surface area contributed by atoms with Gasteiger partial charge in [0.1, 0.15) is 0 Å². The molecule has 0 aliphatic rings. The van der Waals surface area contributed by atoms with Crippen molar-refractivity contribution in [3.05, 3.63) is 35.1 Å². The molecule has 0 aliphatic heterocycles. The highest BCUT2D eigenvalue weighted by atomic mass is 28.4. The molecule has 0 bridgehead atoms. The summed E-state index contributed by atoms with van der Waals surface area (Å²) in [6.45, 7) is 0. The van der Waals surface area contributed by atoms with Crippen molar-refractivity contribution in [2.45, 2.75) is 38.1 Å². The standard InChI is InChI=1S/C12H17F3O3Si/c13-10-7-9(8-11(14)12(10)15)5-3-1-2-4-6-19(16,17)18/h7-8,16-18H,1-6H2. The normalized spacial score (nSPS) is 11.9. The molecule has 3 nitrogen and oxygen atoms in total. The average Bonchev–Trinajstić information content (AvgIpc) is 2.29. The summed E-state index contributed by atoms with van der Waals surface area (Å²) in [6.07, 6.45) is 2.98. The van der Waals surface area contributed by atoms with Crippen LogP contribution >= 0.6 is 0 Å². The van der Waals surface area contributed by atoms with Crippen molar-refractivity contribution < 1.29 is 27.6 Å². The molecular formula is C12H17F3O3Si. The van der Waals surface area contributed by atoms with E-state index >= 15 is 0 Å². The zero-order chi connectivity index (χ0) is 14.5. The van der Waals surface area contributed by atoms with Crippen molar-refractivity contribution in [2.75, 3.05) is 0 Å². The molecule has 0 amide bonds. The largest absolute Gasteiger partial charge is 0.492 e. The van der Waals surface area contributed by atoms with Crippen molar-refractivity contribution in [1.82, 2.24) is 0 Å². The van der Waals surface area contributed by atoms with Gasteiger partial charge in [0.25, 0.3) is 0 Å². The summed E-state index contributed by atoms with van der Waals surface area (Å²) in [5.74, 6) is -3.84. The lowest BCUT2D eigenvalue weighted by Gasteiger charge is -2.08. The van der Waals surface area contributed by atoms with Crippen LogP contribution < -0.4 is 0 Å². The van der Waals surface area contributed by atoms with Crippen LogP contribution in [-0.4, -0.2) is 23.2 Å². The minimum atomic E-state index is -3.94. The molecule has 1 rings (SSSR count). The van der Waals surface area contributed by atoms with Crippen LogP contribution in [0.1, 0.15) is 31.2 Å². The molecule has 0 fully saturated rings. The monoisotopic (exact) mass is 294 g/mol. The van der Waals surface area contributed by atoms with Crippen LogP contribution in [-0.2, 0) is 6.42 Å². The van der Waals surface area contributed by atoms with E-state index in [1.54, 1.807) is 0 Å². The first-order chi connectivity index (χ1) is 8.79. The Kier molecular flexibility index (Phi) is 5.99. The first-order valence-corrected chi connectivity index (χ1v) is 8.15. The second-order valence-corrected chi connectivity index (χ2v) is 6.61. The number of aryl methyl sites for hydroxylation is 1. The molecule has 0 aliphatic carbocycles. The van der Waals surface area contributed by atoms with Crippen molar-refractivity contribution in [2.24, 2.45) is 0 Å². The Morgan fingerprint density at radius 2 is 1.37 bits per heavy atom. The molecule has 7 heteroatoms. The van der Waals surface area contributed by atoms with Crippen LogP contribution in [0.2, 0.25) is 6.04 Å². The third kappa shape index (κ3) is 6.19. The smallest absolute Gasteiger partial charge is 0.390 e. The van der Waals surface area contributed by atoms with Gasteiger partial charge in [-0.05, 0) is 37.0 Å². The van der Waals surface area contributed by atoms with E-state index in [9.17, 15) is 13.2 Å². The maximum atomic E-state index is 12.9. The number of hydrogen-bond acceptors (Lipinski definition) is 3. The lowest BCUT2D eigenvalue weighted by molar-refractivity contribution is 0.226. The van der Waals surface area contributed by atoms with Gasteiger partial charge in [-0.2, -0.15) is 0 Å². The fraction of sp³-hybridized carbons (Fsp3) is 0.500. The van der Waals surface area contributed by atoms with E-state index in [-0.39, 0.29) is 6.04 Å². The fourth-order valence-electron chi connectivity index (χ4n) is 1.80. The highest BCUT2D eigenvalue weighted by Crippen LogP contribution is 2.16. The van der Waals surface area contributed by atoms with E-state index < -0.39 is 26.3 Å². The van der Waals surface area contributed by atoms with Gasteiger partial charge in [0.2, 0.25) is 0 Å². The van der Waals surface area contributed by atoms with E-state index in [1.165, 1.54) is 0 Å². The lowest BCUT2D eigenvalue weighted by atomic mass is 10.1. The third-order valence-electron chi connectivity index (χ3n) is 2.77. The van der Waals surface area contributed by atoms with Crippen molar-refractivity contribution in [3.63, 3.8) is 0 Å². The van der Waals surface area contributed by atoms with Gasteiger partial charge in [-0.1, -0.05) is 12.8 Å². The second-order valence-electron chi connectivity index (χ2n) is 4.56. The van der Waals surface area contributed by atoms with Crippen LogP contribution in [0.5, 0.6) is 0 Å². The highest BCUT2D eigenvalue weighted by Gasteiger charge is 2.25. The Hall–Kier alpha value is -0.893. The first kappa shape index (κ1) is 16.2. The predicted molar refractivity (Wildman–Crippen MR) is 65.7 cm³/mol. The Morgan fingerprint density at radius 3 is 1.89 bits per heavy atom. The summed E-state index contributed by atoms with van der Waals surface area (Å²) in [5.41, 5.74) is 0.395. The molecule has 0 heterocycles. The fourth-order valence-corrected chi connectivity index (χ4v) is 2.52. The van der Waals surface area contributed by atoms with Gasteiger partial charge in [-0.15, -0.1) is 0 Å². The molecule has 0 saturated carbocycles. The van der Waals surface area contributed by atoms with Crippen molar-refractivity contribution >= 4 is 8.80 Å². The Labute approximate surface area is 110 Å². The minimum Gasteiger partial charge on any atom is -0.390 e.